The lowest BCUT2D eigenvalue weighted by Gasteiger charge is -2.12. The van der Waals surface area contributed by atoms with Gasteiger partial charge in [-0.25, -0.2) is 0 Å². The Morgan fingerprint density at radius 2 is 1.92 bits per heavy atom. The molecule has 1 unspecified atom stereocenters. The Labute approximate surface area is 76.7 Å². The van der Waals surface area contributed by atoms with Gasteiger partial charge in [0.05, 0.1) is 0 Å². The molecule has 0 aromatic carbocycles. The molecule has 0 heterocycles. The summed E-state index contributed by atoms with van der Waals surface area (Å²) in [7, 11) is 1.67. The summed E-state index contributed by atoms with van der Waals surface area (Å²) in [5.41, 5.74) is 0. The van der Waals surface area contributed by atoms with Gasteiger partial charge in [-0.2, -0.15) is 0 Å². The first-order chi connectivity index (χ1) is 5.57. The lowest BCUT2D eigenvalue weighted by molar-refractivity contribution is -0.139. The van der Waals surface area contributed by atoms with E-state index in [1.54, 1.807) is 7.05 Å². The third kappa shape index (κ3) is 7.54. The summed E-state index contributed by atoms with van der Waals surface area (Å²) in [5, 5.41) is 11.3. The van der Waals surface area contributed by atoms with Gasteiger partial charge < -0.3 is 10.4 Å². The highest BCUT2D eigenvalue weighted by atomic mass is 16.4. The van der Waals surface area contributed by atoms with Crippen molar-refractivity contribution in [3.63, 3.8) is 0 Å². The van der Waals surface area contributed by atoms with E-state index in [1.807, 2.05) is 27.7 Å². The van der Waals surface area contributed by atoms with Gasteiger partial charge in [-0.05, 0) is 19.4 Å². The summed E-state index contributed by atoms with van der Waals surface area (Å²) >= 11 is 0. The molecular weight excluding hydrogens is 154 g/mol. The molecule has 0 aliphatic carbocycles. The minimum Gasteiger partial charge on any atom is -0.480 e. The Balaban J connectivity index is -0.000000309. The summed E-state index contributed by atoms with van der Waals surface area (Å²) in [4.78, 5) is 10.4. The molecule has 0 spiro atoms. The summed E-state index contributed by atoms with van der Waals surface area (Å²) in [6.45, 7) is 8.01. The molecule has 0 saturated carbocycles. The molecule has 0 bridgehead atoms. The molecular formula is C9H23NO2. The molecule has 12 heavy (non-hydrogen) atoms. The Morgan fingerprint density at radius 3 is 2.00 bits per heavy atom. The molecule has 2 N–H and O–H groups in total. The first-order valence-corrected chi connectivity index (χ1v) is 4.48. The van der Waals surface area contributed by atoms with Crippen LogP contribution in [0, 0.1) is 5.92 Å². The van der Waals surface area contributed by atoms with Crippen LogP contribution in [0.25, 0.3) is 0 Å². The minimum absolute atomic E-state index is 0. The number of hydrogen-bond acceptors (Lipinski definition) is 2. The molecule has 0 aromatic heterocycles. The van der Waals surface area contributed by atoms with Gasteiger partial charge in [-0.3, -0.25) is 4.79 Å². The fraction of sp³-hybridized carbons (Fsp3) is 0.889. The summed E-state index contributed by atoms with van der Waals surface area (Å²) < 4.78 is 0. The molecule has 0 saturated heterocycles. The van der Waals surface area contributed by atoms with E-state index < -0.39 is 5.97 Å². The van der Waals surface area contributed by atoms with Crippen LogP contribution in [-0.2, 0) is 4.79 Å². The van der Waals surface area contributed by atoms with Gasteiger partial charge in [0, 0.05) is 1.43 Å². The highest BCUT2D eigenvalue weighted by molar-refractivity contribution is 5.73. The second-order valence-electron chi connectivity index (χ2n) is 2.81. The fourth-order valence-electron chi connectivity index (χ4n) is 0.814. The van der Waals surface area contributed by atoms with Crippen molar-refractivity contribution in [3.05, 3.63) is 0 Å². The Hall–Kier alpha value is -0.570. The van der Waals surface area contributed by atoms with Crippen LogP contribution in [0.4, 0.5) is 0 Å². The maximum Gasteiger partial charge on any atom is 0.320 e. The first-order valence-electron chi connectivity index (χ1n) is 4.48. The van der Waals surface area contributed by atoms with Crippen LogP contribution < -0.4 is 5.32 Å². The molecule has 0 rings (SSSR count). The van der Waals surface area contributed by atoms with E-state index in [0.29, 0.717) is 12.3 Å². The van der Waals surface area contributed by atoms with Crippen molar-refractivity contribution in [2.24, 2.45) is 5.92 Å². The van der Waals surface area contributed by atoms with Crippen LogP contribution in [0.2, 0.25) is 0 Å². The lowest BCUT2D eigenvalue weighted by atomic mass is 10.0. The third-order valence-corrected chi connectivity index (χ3v) is 1.35. The van der Waals surface area contributed by atoms with Gasteiger partial charge in [-0.1, -0.05) is 27.7 Å². The second kappa shape index (κ2) is 8.53. The average Bonchev–Trinajstić information content (AvgIpc) is 2.03. The van der Waals surface area contributed by atoms with E-state index >= 15 is 0 Å². The van der Waals surface area contributed by atoms with Crippen molar-refractivity contribution >= 4 is 5.97 Å². The van der Waals surface area contributed by atoms with Crippen molar-refractivity contribution in [1.29, 1.82) is 0 Å². The average molecular weight is 177 g/mol. The number of carboxylic acid groups (broad SMARTS) is 1. The SMILES string of the molecule is CC.CNC(CC(C)C)C(=O)O.[HH]. The molecule has 3 nitrogen and oxygen atoms in total. The number of carbonyl (C=O) groups is 1. The number of likely N-dealkylation sites (N-methyl/N-ethyl adjacent to an activating group) is 1. The predicted octanol–water partition coefficient (Wildman–Crippen LogP) is 1.98. The van der Waals surface area contributed by atoms with Crippen molar-refractivity contribution in [2.45, 2.75) is 40.2 Å². The van der Waals surface area contributed by atoms with Crippen LogP contribution >= 0.6 is 0 Å². The van der Waals surface area contributed by atoms with Gasteiger partial charge in [-0.15, -0.1) is 0 Å². The minimum atomic E-state index is -0.767. The zero-order chi connectivity index (χ0) is 10.1. The third-order valence-electron chi connectivity index (χ3n) is 1.35. The molecule has 0 aromatic rings. The zero-order valence-electron chi connectivity index (χ0n) is 8.72. The fourth-order valence-corrected chi connectivity index (χ4v) is 0.814. The van der Waals surface area contributed by atoms with Gasteiger partial charge in [0.1, 0.15) is 6.04 Å². The lowest BCUT2D eigenvalue weighted by Crippen LogP contribution is -2.34. The monoisotopic (exact) mass is 177 g/mol. The number of nitrogens with one attached hydrogen (secondary N) is 1. The van der Waals surface area contributed by atoms with Crippen molar-refractivity contribution in [3.8, 4) is 0 Å². The highest BCUT2D eigenvalue weighted by Gasteiger charge is 2.15. The van der Waals surface area contributed by atoms with Crippen LogP contribution in [-0.4, -0.2) is 24.2 Å². The Morgan fingerprint density at radius 1 is 1.50 bits per heavy atom. The standard InChI is InChI=1S/C7H15NO2.C2H6.H2/c1-5(2)4-6(8-3)7(9)10;1-2;/h5-6,8H,4H2,1-3H3,(H,9,10);1-2H3;1H. The molecule has 0 aliphatic rings. The zero-order valence-corrected chi connectivity index (χ0v) is 8.72. The van der Waals surface area contributed by atoms with Crippen LogP contribution in [0.1, 0.15) is 35.5 Å². The normalized spacial score (nSPS) is 11.8. The van der Waals surface area contributed by atoms with Gasteiger partial charge >= 0.3 is 5.97 Å². The van der Waals surface area contributed by atoms with Crippen LogP contribution in [0.3, 0.4) is 0 Å². The summed E-state index contributed by atoms with van der Waals surface area (Å²) in [6.07, 6.45) is 0.686. The molecule has 0 amide bonds. The van der Waals surface area contributed by atoms with Gasteiger partial charge in [0.2, 0.25) is 0 Å². The number of carboxylic acids is 1. The van der Waals surface area contributed by atoms with E-state index in [1.165, 1.54) is 0 Å². The molecule has 0 fully saturated rings. The van der Waals surface area contributed by atoms with E-state index in [2.05, 4.69) is 5.32 Å². The maximum absolute atomic E-state index is 10.4. The predicted molar refractivity (Wildman–Crippen MR) is 53.4 cm³/mol. The number of rotatable bonds is 4. The van der Waals surface area contributed by atoms with E-state index in [-0.39, 0.29) is 7.47 Å². The summed E-state index contributed by atoms with van der Waals surface area (Å²) in [6, 6.07) is -0.389. The van der Waals surface area contributed by atoms with Crippen molar-refractivity contribution in [2.75, 3.05) is 7.05 Å². The van der Waals surface area contributed by atoms with Crippen molar-refractivity contribution in [1.82, 2.24) is 5.32 Å². The highest BCUT2D eigenvalue weighted by Crippen LogP contribution is 2.03. The Bertz CT molecular complexity index is 118. The topological polar surface area (TPSA) is 49.3 Å². The molecule has 1 atom stereocenters. The quantitative estimate of drug-likeness (QED) is 0.690. The molecule has 0 radical (unpaired) electrons. The maximum atomic E-state index is 10.4. The first kappa shape index (κ1) is 14.0. The van der Waals surface area contributed by atoms with Crippen LogP contribution in [0.5, 0.6) is 0 Å². The van der Waals surface area contributed by atoms with E-state index in [4.69, 9.17) is 5.11 Å². The number of hydrogen-bond donors (Lipinski definition) is 2. The summed E-state index contributed by atoms with van der Waals surface area (Å²) in [5.74, 6) is -0.343. The van der Waals surface area contributed by atoms with Crippen molar-refractivity contribution < 1.29 is 11.3 Å². The van der Waals surface area contributed by atoms with Gasteiger partial charge in [0.25, 0.3) is 0 Å². The smallest absolute Gasteiger partial charge is 0.320 e. The van der Waals surface area contributed by atoms with E-state index in [0.717, 1.165) is 0 Å². The largest absolute Gasteiger partial charge is 0.480 e. The Kier molecular flexibility index (Phi) is 9.93. The number of aliphatic carboxylic acids is 1. The van der Waals surface area contributed by atoms with Gasteiger partial charge in [0.15, 0.2) is 0 Å². The second-order valence-corrected chi connectivity index (χ2v) is 2.81. The van der Waals surface area contributed by atoms with Crippen LogP contribution in [0.15, 0.2) is 0 Å². The molecule has 0 aliphatic heterocycles. The van der Waals surface area contributed by atoms with E-state index in [9.17, 15) is 4.79 Å². The molecule has 3 heteroatoms. The molecule has 76 valence electrons.